The fraction of sp³-hybridized carbons (Fsp3) is 0.421. The van der Waals surface area contributed by atoms with Gasteiger partial charge in [-0.05, 0) is 37.5 Å². The molecule has 2 rings (SSSR count). The first-order chi connectivity index (χ1) is 12.7. The minimum Gasteiger partial charge on any atom is -0.380 e. The summed E-state index contributed by atoms with van der Waals surface area (Å²) in [7, 11) is 0. The van der Waals surface area contributed by atoms with E-state index in [9.17, 15) is 9.59 Å². The van der Waals surface area contributed by atoms with Gasteiger partial charge in [0.05, 0.1) is 12.1 Å². The SMILES string of the molecule is CCOCCNC(=O)C(CCSC)NC(=O)c1ccc2ccccc2n1. The van der Waals surface area contributed by atoms with Crippen molar-refractivity contribution in [3.8, 4) is 0 Å². The van der Waals surface area contributed by atoms with Gasteiger partial charge in [0.1, 0.15) is 11.7 Å². The molecule has 1 aromatic heterocycles. The van der Waals surface area contributed by atoms with E-state index < -0.39 is 6.04 Å². The Balaban J connectivity index is 2.02. The Labute approximate surface area is 158 Å². The summed E-state index contributed by atoms with van der Waals surface area (Å²) in [5.41, 5.74) is 1.06. The smallest absolute Gasteiger partial charge is 0.270 e. The molecular weight excluding hydrogens is 350 g/mol. The van der Waals surface area contributed by atoms with E-state index in [1.807, 2.05) is 43.5 Å². The second-order valence-corrected chi connectivity index (χ2v) is 6.67. The molecule has 7 heteroatoms. The number of fused-ring (bicyclic) bond motifs is 1. The molecule has 0 fully saturated rings. The standard InChI is InChI=1S/C19H25N3O3S/c1-3-25-12-11-20-18(23)17(10-13-26-2)22-19(24)16-9-8-14-6-4-5-7-15(14)21-16/h4-9,17H,3,10-13H2,1-2H3,(H,20,23)(H,22,24). The van der Waals surface area contributed by atoms with Gasteiger partial charge in [-0.1, -0.05) is 24.3 Å². The van der Waals surface area contributed by atoms with Crippen LogP contribution in [-0.4, -0.2) is 54.6 Å². The molecule has 1 unspecified atom stereocenters. The molecule has 6 nitrogen and oxygen atoms in total. The normalized spacial score (nSPS) is 11.9. The van der Waals surface area contributed by atoms with Crippen LogP contribution >= 0.6 is 11.8 Å². The Morgan fingerprint density at radius 1 is 1.23 bits per heavy atom. The predicted molar refractivity (Wildman–Crippen MR) is 105 cm³/mol. The zero-order valence-electron chi connectivity index (χ0n) is 15.2. The summed E-state index contributed by atoms with van der Waals surface area (Å²) in [6.45, 7) is 3.39. The molecule has 0 aliphatic rings. The van der Waals surface area contributed by atoms with Crippen LogP contribution in [0.2, 0.25) is 0 Å². The molecule has 2 N–H and O–H groups in total. The predicted octanol–water partition coefficient (Wildman–Crippen LogP) is 2.24. The molecule has 140 valence electrons. The lowest BCUT2D eigenvalue weighted by molar-refractivity contribution is -0.123. The number of aromatic nitrogens is 1. The van der Waals surface area contributed by atoms with Crippen LogP contribution in [0, 0.1) is 0 Å². The molecule has 2 amide bonds. The quantitative estimate of drug-likeness (QED) is 0.623. The van der Waals surface area contributed by atoms with Crippen molar-refractivity contribution in [2.24, 2.45) is 0 Å². The van der Waals surface area contributed by atoms with E-state index in [0.717, 1.165) is 16.7 Å². The van der Waals surface area contributed by atoms with Crippen LogP contribution in [0.25, 0.3) is 10.9 Å². The lowest BCUT2D eigenvalue weighted by atomic mass is 10.1. The maximum atomic E-state index is 12.6. The number of rotatable bonds is 10. The second-order valence-electron chi connectivity index (χ2n) is 5.68. The van der Waals surface area contributed by atoms with Gasteiger partial charge >= 0.3 is 0 Å². The number of hydrogen-bond donors (Lipinski definition) is 2. The number of para-hydroxylation sites is 1. The fourth-order valence-corrected chi connectivity index (χ4v) is 2.91. The van der Waals surface area contributed by atoms with Crippen LogP contribution in [0.1, 0.15) is 23.8 Å². The van der Waals surface area contributed by atoms with Gasteiger partial charge in [0.25, 0.3) is 5.91 Å². The summed E-state index contributed by atoms with van der Waals surface area (Å²) in [6.07, 6.45) is 2.53. The summed E-state index contributed by atoms with van der Waals surface area (Å²) >= 11 is 1.63. The molecule has 0 aliphatic heterocycles. The molecule has 1 atom stereocenters. The average molecular weight is 375 g/mol. The lowest BCUT2D eigenvalue weighted by Gasteiger charge is -2.18. The number of benzene rings is 1. The Bertz CT molecular complexity index is 739. The van der Waals surface area contributed by atoms with Crippen LogP contribution in [0.3, 0.4) is 0 Å². The number of thioether (sulfide) groups is 1. The van der Waals surface area contributed by atoms with Crippen LogP contribution in [0.15, 0.2) is 36.4 Å². The molecule has 0 aliphatic carbocycles. The van der Waals surface area contributed by atoms with Crippen molar-refractivity contribution in [2.75, 3.05) is 31.8 Å². The van der Waals surface area contributed by atoms with Crippen molar-refractivity contribution in [1.29, 1.82) is 0 Å². The summed E-state index contributed by atoms with van der Waals surface area (Å²) < 4.78 is 5.22. The van der Waals surface area contributed by atoms with Gasteiger partial charge in [-0.25, -0.2) is 4.98 Å². The highest BCUT2D eigenvalue weighted by atomic mass is 32.2. The number of amides is 2. The number of carbonyl (C=O) groups is 2. The largest absolute Gasteiger partial charge is 0.380 e. The number of nitrogens with one attached hydrogen (secondary N) is 2. The van der Waals surface area contributed by atoms with Gasteiger partial charge in [-0.3, -0.25) is 9.59 Å². The van der Waals surface area contributed by atoms with E-state index in [-0.39, 0.29) is 11.8 Å². The van der Waals surface area contributed by atoms with Crippen molar-refractivity contribution in [3.63, 3.8) is 0 Å². The van der Waals surface area contributed by atoms with E-state index in [1.165, 1.54) is 0 Å². The van der Waals surface area contributed by atoms with Crippen molar-refractivity contribution in [1.82, 2.24) is 15.6 Å². The van der Waals surface area contributed by atoms with E-state index in [2.05, 4.69) is 15.6 Å². The summed E-state index contributed by atoms with van der Waals surface area (Å²) in [6, 6.07) is 10.5. The van der Waals surface area contributed by atoms with Gasteiger partial charge in [0.2, 0.25) is 5.91 Å². The molecular formula is C19H25N3O3S. The van der Waals surface area contributed by atoms with Gasteiger partial charge in [0, 0.05) is 18.5 Å². The van der Waals surface area contributed by atoms with Crippen molar-refractivity contribution >= 4 is 34.5 Å². The summed E-state index contributed by atoms with van der Waals surface area (Å²) in [4.78, 5) is 29.3. The first-order valence-corrected chi connectivity index (χ1v) is 10.1. The van der Waals surface area contributed by atoms with Crippen molar-refractivity contribution < 1.29 is 14.3 Å². The summed E-state index contributed by atoms with van der Waals surface area (Å²) in [5.74, 6) is 0.226. The second kappa shape index (κ2) is 10.8. The molecule has 0 spiro atoms. The van der Waals surface area contributed by atoms with Gasteiger partial charge in [0.15, 0.2) is 0 Å². The molecule has 0 radical (unpaired) electrons. The minimum absolute atomic E-state index is 0.201. The topological polar surface area (TPSA) is 80.3 Å². The Hall–Kier alpha value is -2.12. The number of hydrogen-bond acceptors (Lipinski definition) is 5. The van der Waals surface area contributed by atoms with Gasteiger partial charge in [-0.15, -0.1) is 0 Å². The third-order valence-corrected chi connectivity index (χ3v) is 4.46. The highest BCUT2D eigenvalue weighted by Crippen LogP contribution is 2.12. The van der Waals surface area contributed by atoms with E-state index in [1.54, 1.807) is 17.8 Å². The fourth-order valence-electron chi connectivity index (χ4n) is 2.44. The van der Waals surface area contributed by atoms with Crippen LogP contribution < -0.4 is 10.6 Å². The molecule has 26 heavy (non-hydrogen) atoms. The van der Waals surface area contributed by atoms with E-state index >= 15 is 0 Å². The molecule has 0 saturated heterocycles. The Kier molecular flexibility index (Phi) is 8.37. The summed E-state index contributed by atoms with van der Waals surface area (Å²) in [5, 5.41) is 6.58. The van der Waals surface area contributed by atoms with Gasteiger partial charge < -0.3 is 15.4 Å². The molecule has 1 heterocycles. The van der Waals surface area contributed by atoms with Crippen molar-refractivity contribution in [2.45, 2.75) is 19.4 Å². The first kappa shape index (κ1) is 20.2. The van der Waals surface area contributed by atoms with Crippen LogP contribution in [-0.2, 0) is 9.53 Å². The minimum atomic E-state index is -0.593. The van der Waals surface area contributed by atoms with Crippen LogP contribution in [0.4, 0.5) is 0 Å². The third-order valence-electron chi connectivity index (χ3n) is 3.81. The molecule has 0 bridgehead atoms. The van der Waals surface area contributed by atoms with Gasteiger partial charge in [-0.2, -0.15) is 11.8 Å². The van der Waals surface area contributed by atoms with Crippen molar-refractivity contribution in [3.05, 3.63) is 42.1 Å². The third kappa shape index (κ3) is 6.00. The zero-order valence-corrected chi connectivity index (χ0v) is 16.0. The van der Waals surface area contributed by atoms with E-state index in [0.29, 0.717) is 31.9 Å². The number of pyridine rings is 1. The zero-order chi connectivity index (χ0) is 18.8. The highest BCUT2D eigenvalue weighted by Gasteiger charge is 2.21. The Morgan fingerprint density at radius 2 is 2.04 bits per heavy atom. The molecule has 0 saturated carbocycles. The maximum absolute atomic E-state index is 12.6. The molecule has 1 aromatic carbocycles. The van der Waals surface area contributed by atoms with E-state index in [4.69, 9.17) is 4.74 Å². The highest BCUT2D eigenvalue weighted by molar-refractivity contribution is 7.98. The average Bonchev–Trinajstić information content (AvgIpc) is 2.67. The first-order valence-electron chi connectivity index (χ1n) is 8.66. The number of ether oxygens (including phenoxy) is 1. The molecule has 2 aromatic rings. The maximum Gasteiger partial charge on any atom is 0.270 e. The van der Waals surface area contributed by atoms with Crippen LogP contribution in [0.5, 0.6) is 0 Å². The Morgan fingerprint density at radius 3 is 2.81 bits per heavy atom. The number of nitrogens with zero attached hydrogens (tertiary/aromatic N) is 1. The monoisotopic (exact) mass is 375 g/mol. The number of carbonyl (C=O) groups excluding carboxylic acids is 2. The lowest BCUT2D eigenvalue weighted by Crippen LogP contribution is -2.48.